The predicted octanol–water partition coefficient (Wildman–Crippen LogP) is 4.84. The molecule has 0 aliphatic carbocycles. The zero-order chi connectivity index (χ0) is 24.8. The molecule has 2 aromatic carbocycles. The number of halogens is 1. The average Bonchev–Trinajstić information content (AvgIpc) is 3.57. The summed E-state index contributed by atoms with van der Waals surface area (Å²) in [6.45, 7) is -0.475. The molecule has 2 heterocycles. The third kappa shape index (κ3) is 5.75. The molecule has 1 aliphatic rings. The average molecular weight is 495 g/mol. The SMILES string of the molecule is COc1ccc(C2CC(c3cccs3)=NN2C(=O)COC(=O)C=Cc2ccc(F)cc2)cc1OC. The largest absolute Gasteiger partial charge is 0.493 e. The second-order valence-corrected chi connectivity index (χ2v) is 8.54. The number of rotatable bonds is 8. The first-order valence-corrected chi connectivity index (χ1v) is 11.6. The lowest BCUT2D eigenvalue weighted by Crippen LogP contribution is -2.31. The number of carbonyl (C=O) groups is 2. The molecule has 180 valence electrons. The maximum Gasteiger partial charge on any atom is 0.331 e. The second kappa shape index (κ2) is 11.0. The van der Waals surface area contributed by atoms with E-state index in [1.807, 2.05) is 29.6 Å². The molecule has 0 saturated heterocycles. The topological polar surface area (TPSA) is 77.4 Å². The molecule has 35 heavy (non-hydrogen) atoms. The highest BCUT2D eigenvalue weighted by Gasteiger charge is 2.34. The van der Waals surface area contributed by atoms with E-state index in [9.17, 15) is 14.0 Å². The number of carbonyl (C=O) groups excluding carboxylic acids is 2. The van der Waals surface area contributed by atoms with Crippen LogP contribution in [0.2, 0.25) is 0 Å². The first-order chi connectivity index (χ1) is 17.0. The molecule has 4 rings (SSSR count). The summed E-state index contributed by atoms with van der Waals surface area (Å²) in [6.07, 6.45) is 3.18. The van der Waals surface area contributed by atoms with E-state index >= 15 is 0 Å². The number of thiophene rings is 1. The van der Waals surface area contributed by atoms with Crippen molar-refractivity contribution in [2.75, 3.05) is 20.8 Å². The zero-order valence-corrected chi connectivity index (χ0v) is 20.0. The summed E-state index contributed by atoms with van der Waals surface area (Å²) in [5, 5.41) is 7.86. The lowest BCUT2D eigenvalue weighted by Gasteiger charge is -2.22. The van der Waals surface area contributed by atoms with Crippen molar-refractivity contribution in [1.82, 2.24) is 5.01 Å². The van der Waals surface area contributed by atoms with Crippen LogP contribution in [0.1, 0.15) is 28.5 Å². The Balaban J connectivity index is 1.49. The van der Waals surface area contributed by atoms with Gasteiger partial charge in [-0.1, -0.05) is 24.3 Å². The highest BCUT2D eigenvalue weighted by atomic mass is 32.1. The molecule has 0 fully saturated rings. The van der Waals surface area contributed by atoms with Gasteiger partial charge in [0.25, 0.3) is 5.91 Å². The fourth-order valence-corrected chi connectivity index (χ4v) is 4.36. The molecule has 1 unspecified atom stereocenters. The summed E-state index contributed by atoms with van der Waals surface area (Å²) in [4.78, 5) is 26.2. The number of hydrogen-bond acceptors (Lipinski definition) is 7. The van der Waals surface area contributed by atoms with Crippen LogP contribution in [0.5, 0.6) is 11.5 Å². The number of hydrogen-bond donors (Lipinski definition) is 0. The number of nitrogens with zero attached hydrogens (tertiary/aromatic N) is 2. The van der Waals surface area contributed by atoms with Crippen molar-refractivity contribution in [3.63, 3.8) is 0 Å². The molecular formula is C26H23FN2O5S. The van der Waals surface area contributed by atoms with Crippen LogP contribution in [0.25, 0.3) is 6.08 Å². The van der Waals surface area contributed by atoms with Crippen LogP contribution in [0, 0.1) is 5.82 Å². The van der Waals surface area contributed by atoms with Gasteiger partial charge in [0, 0.05) is 12.5 Å². The van der Waals surface area contributed by atoms with Crippen molar-refractivity contribution in [1.29, 1.82) is 0 Å². The van der Waals surface area contributed by atoms with E-state index in [0.29, 0.717) is 23.5 Å². The molecule has 7 nitrogen and oxygen atoms in total. The van der Waals surface area contributed by atoms with Gasteiger partial charge in [0.2, 0.25) is 0 Å². The maximum atomic E-state index is 13.1. The van der Waals surface area contributed by atoms with Crippen LogP contribution in [0.15, 0.2) is 71.2 Å². The summed E-state index contributed by atoms with van der Waals surface area (Å²) in [6, 6.07) is 14.6. The molecule has 1 amide bonds. The maximum absolute atomic E-state index is 13.1. The van der Waals surface area contributed by atoms with E-state index in [0.717, 1.165) is 16.2 Å². The molecule has 1 aliphatic heterocycles. The Labute approximate surface area is 206 Å². The summed E-state index contributed by atoms with van der Waals surface area (Å²) in [5.41, 5.74) is 2.22. The van der Waals surface area contributed by atoms with Crippen LogP contribution in [0.3, 0.4) is 0 Å². The quantitative estimate of drug-likeness (QED) is 0.331. The Hall–Kier alpha value is -3.98. The molecule has 1 aromatic heterocycles. The Morgan fingerprint density at radius 3 is 2.57 bits per heavy atom. The molecule has 9 heteroatoms. The highest BCUT2D eigenvalue weighted by molar-refractivity contribution is 7.12. The Bertz CT molecular complexity index is 1260. The standard InChI is InChI=1S/C26H23FN2O5S/c1-32-22-11-8-18(14-23(22)33-2)21-15-20(24-4-3-13-35-24)28-29(21)25(30)16-34-26(31)12-7-17-5-9-19(27)10-6-17/h3-14,21H,15-16H2,1-2H3. The van der Waals surface area contributed by atoms with Crippen LogP contribution in [-0.4, -0.2) is 43.4 Å². The van der Waals surface area contributed by atoms with Gasteiger partial charge in [-0.05, 0) is 52.9 Å². The number of hydrazone groups is 1. The van der Waals surface area contributed by atoms with Crippen molar-refractivity contribution in [2.24, 2.45) is 5.10 Å². The Kier molecular flexibility index (Phi) is 7.57. The summed E-state index contributed by atoms with van der Waals surface area (Å²) in [7, 11) is 3.10. The van der Waals surface area contributed by atoms with E-state index in [4.69, 9.17) is 14.2 Å². The lowest BCUT2D eigenvalue weighted by molar-refractivity contribution is -0.149. The van der Waals surface area contributed by atoms with Gasteiger partial charge in [-0.3, -0.25) is 4.79 Å². The molecule has 0 radical (unpaired) electrons. The van der Waals surface area contributed by atoms with Crippen LogP contribution < -0.4 is 9.47 Å². The van der Waals surface area contributed by atoms with E-state index < -0.39 is 24.5 Å². The van der Waals surface area contributed by atoms with Gasteiger partial charge in [-0.15, -0.1) is 11.3 Å². The van der Waals surface area contributed by atoms with Gasteiger partial charge in [0.15, 0.2) is 18.1 Å². The lowest BCUT2D eigenvalue weighted by atomic mass is 10.0. The summed E-state index contributed by atoms with van der Waals surface area (Å²) >= 11 is 1.54. The normalized spacial score (nSPS) is 15.2. The smallest absolute Gasteiger partial charge is 0.331 e. The molecule has 0 saturated carbocycles. The minimum absolute atomic E-state index is 0.368. The highest BCUT2D eigenvalue weighted by Crippen LogP contribution is 2.37. The molecule has 3 aromatic rings. The van der Waals surface area contributed by atoms with E-state index in [-0.39, 0.29) is 5.82 Å². The fraction of sp³-hybridized carbons (Fsp3) is 0.192. The van der Waals surface area contributed by atoms with E-state index in [1.54, 1.807) is 20.3 Å². The number of methoxy groups -OCH3 is 2. The van der Waals surface area contributed by atoms with Gasteiger partial charge in [0.05, 0.1) is 30.9 Å². The van der Waals surface area contributed by atoms with Crippen molar-refractivity contribution in [3.8, 4) is 11.5 Å². The summed E-state index contributed by atoms with van der Waals surface area (Å²) < 4.78 is 28.9. The summed E-state index contributed by atoms with van der Waals surface area (Å²) in [5.74, 6) is -0.396. The molecule has 0 spiro atoms. The predicted molar refractivity (Wildman–Crippen MR) is 131 cm³/mol. The van der Waals surface area contributed by atoms with Crippen LogP contribution in [-0.2, 0) is 14.3 Å². The first kappa shape index (κ1) is 24.2. The van der Waals surface area contributed by atoms with Gasteiger partial charge in [-0.25, -0.2) is 14.2 Å². The third-order valence-electron chi connectivity index (χ3n) is 5.38. The van der Waals surface area contributed by atoms with Gasteiger partial charge < -0.3 is 14.2 Å². The molecule has 0 N–H and O–H groups in total. The van der Waals surface area contributed by atoms with Gasteiger partial charge in [-0.2, -0.15) is 5.10 Å². The number of esters is 1. The van der Waals surface area contributed by atoms with E-state index in [2.05, 4.69) is 5.10 Å². The monoisotopic (exact) mass is 494 g/mol. The third-order valence-corrected chi connectivity index (χ3v) is 6.30. The Morgan fingerprint density at radius 1 is 1.11 bits per heavy atom. The zero-order valence-electron chi connectivity index (χ0n) is 19.1. The van der Waals surface area contributed by atoms with Crippen molar-refractivity contribution in [3.05, 3.63) is 87.9 Å². The number of benzene rings is 2. The number of ether oxygens (including phenoxy) is 3. The fourth-order valence-electron chi connectivity index (χ4n) is 3.64. The van der Waals surface area contributed by atoms with Crippen molar-refractivity contribution < 1.29 is 28.2 Å². The second-order valence-electron chi connectivity index (χ2n) is 7.59. The first-order valence-electron chi connectivity index (χ1n) is 10.7. The van der Waals surface area contributed by atoms with Crippen LogP contribution >= 0.6 is 11.3 Å². The van der Waals surface area contributed by atoms with Crippen LogP contribution in [0.4, 0.5) is 4.39 Å². The molecule has 0 bridgehead atoms. The molecule has 1 atom stereocenters. The van der Waals surface area contributed by atoms with Crippen molar-refractivity contribution in [2.45, 2.75) is 12.5 Å². The van der Waals surface area contributed by atoms with Gasteiger partial charge >= 0.3 is 5.97 Å². The minimum atomic E-state index is -0.688. The van der Waals surface area contributed by atoms with E-state index in [1.165, 1.54) is 52.8 Å². The minimum Gasteiger partial charge on any atom is -0.493 e. The van der Waals surface area contributed by atoms with Crippen molar-refractivity contribution >= 4 is 35.0 Å². The number of amides is 1. The Morgan fingerprint density at radius 2 is 1.89 bits per heavy atom. The molecular weight excluding hydrogens is 471 g/mol. The van der Waals surface area contributed by atoms with Gasteiger partial charge in [0.1, 0.15) is 5.82 Å².